The molecule has 4 bridgehead atoms. The van der Waals surface area contributed by atoms with E-state index in [2.05, 4.69) is 23.1 Å². The van der Waals surface area contributed by atoms with E-state index < -0.39 is 0 Å². The molecular formula is C18H31P. The van der Waals surface area contributed by atoms with Crippen LogP contribution in [0.15, 0.2) is 0 Å². The monoisotopic (exact) mass is 278 g/mol. The predicted octanol–water partition coefficient (Wildman–Crippen LogP) is 5.13. The Balaban J connectivity index is 1.57. The lowest BCUT2D eigenvalue weighted by molar-refractivity contribution is -0.0565. The van der Waals surface area contributed by atoms with E-state index in [0.29, 0.717) is 5.16 Å². The molecule has 0 aromatic heterocycles. The van der Waals surface area contributed by atoms with Crippen LogP contribution in [-0.4, -0.2) is 5.16 Å². The molecule has 5 fully saturated rings. The first-order valence-electron chi connectivity index (χ1n) is 8.84. The molecule has 0 aromatic carbocycles. The first kappa shape index (κ1) is 13.1. The standard InChI is InChI=1S/C18H31P/c1-11-3-4-15(5-12(11)2)17-16-7-13-6-14(8-16)10-18(17,19)9-13/h11-17H,3-10,19H2,1-2H3. The van der Waals surface area contributed by atoms with Gasteiger partial charge in [-0.15, -0.1) is 9.24 Å². The number of rotatable bonds is 1. The van der Waals surface area contributed by atoms with Crippen LogP contribution in [0, 0.1) is 41.4 Å². The van der Waals surface area contributed by atoms with Gasteiger partial charge in [-0.3, -0.25) is 0 Å². The molecule has 7 unspecified atom stereocenters. The second kappa shape index (κ2) is 4.46. The van der Waals surface area contributed by atoms with E-state index in [1.165, 1.54) is 19.3 Å². The first-order valence-corrected chi connectivity index (χ1v) is 9.42. The summed E-state index contributed by atoms with van der Waals surface area (Å²) in [4.78, 5) is 0. The van der Waals surface area contributed by atoms with Gasteiger partial charge in [0.15, 0.2) is 0 Å². The summed E-state index contributed by atoms with van der Waals surface area (Å²) in [6.45, 7) is 5.00. The molecular weight excluding hydrogens is 247 g/mol. The maximum atomic E-state index is 3.40. The highest BCUT2D eigenvalue weighted by atomic mass is 31.0. The maximum Gasteiger partial charge on any atom is -0.0111 e. The topological polar surface area (TPSA) is 0 Å². The lowest BCUT2D eigenvalue weighted by Gasteiger charge is -2.62. The van der Waals surface area contributed by atoms with E-state index in [9.17, 15) is 0 Å². The van der Waals surface area contributed by atoms with Crippen LogP contribution in [0.4, 0.5) is 0 Å². The number of hydrogen-bond donors (Lipinski definition) is 0. The average Bonchev–Trinajstić information content (AvgIpc) is 2.31. The molecule has 0 aliphatic heterocycles. The van der Waals surface area contributed by atoms with E-state index >= 15 is 0 Å². The zero-order valence-electron chi connectivity index (χ0n) is 12.8. The Kier molecular flexibility index (Phi) is 3.08. The minimum Gasteiger partial charge on any atom is -0.131 e. The van der Waals surface area contributed by atoms with Crippen LogP contribution in [0.5, 0.6) is 0 Å². The summed E-state index contributed by atoms with van der Waals surface area (Å²) >= 11 is 0. The first-order chi connectivity index (χ1) is 9.05. The van der Waals surface area contributed by atoms with Gasteiger partial charge in [-0.1, -0.05) is 20.3 Å². The molecule has 0 saturated heterocycles. The lowest BCUT2D eigenvalue weighted by atomic mass is 9.47. The van der Waals surface area contributed by atoms with Gasteiger partial charge in [-0.2, -0.15) is 0 Å². The van der Waals surface area contributed by atoms with Gasteiger partial charge >= 0.3 is 0 Å². The van der Waals surface area contributed by atoms with Crippen LogP contribution in [0.25, 0.3) is 0 Å². The Morgan fingerprint density at radius 2 is 1.47 bits per heavy atom. The lowest BCUT2D eigenvalue weighted by Crippen LogP contribution is -2.56. The van der Waals surface area contributed by atoms with Gasteiger partial charge in [0.2, 0.25) is 0 Å². The van der Waals surface area contributed by atoms with Crippen LogP contribution >= 0.6 is 9.24 Å². The molecule has 0 radical (unpaired) electrons. The quantitative estimate of drug-likeness (QED) is 0.583. The molecule has 5 aliphatic rings. The van der Waals surface area contributed by atoms with Crippen molar-refractivity contribution in [1.29, 1.82) is 0 Å². The van der Waals surface area contributed by atoms with E-state index in [1.54, 1.807) is 32.1 Å². The van der Waals surface area contributed by atoms with Gasteiger partial charge < -0.3 is 0 Å². The van der Waals surface area contributed by atoms with Crippen molar-refractivity contribution in [3.8, 4) is 0 Å². The zero-order chi connectivity index (χ0) is 13.2. The molecule has 5 rings (SSSR count). The summed E-state index contributed by atoms with van der Waals surface area (Å²) in [5.41, 5.74) is 0. The molecule has 5 saturated carbocycles. The van der Waals surface area contributed by atoms with Crippen molar-refractivity contribution in [2.75, 3.05) is 0 Å². The van der Waals surface area contributed by atoms with E-state index in [0.717, 1.165) is 41.4 Å². The van der Waals surface area contributed by atoms with Crippen molar-refractivity contribution in [2.45, 2.75) is 70.4 Å². The van der Waals surface area contributed by atoms with Crippen molar-refractivity contribution < 1.29 is 0 Å². The molecule has 5 aliphatic carbocycles. The molecule has 0 nitrogen and oxygen atoms in total. The molecule has 0 spiro atoms. The molecule has 108 valence electrons. The molecule has 19 heavy (non-hydrogen) atoms. The Hall–Kier alpha value is 0.430. The SMILES string of the molecule is CC1CCC(C2C3CC4CC(C3)CC2(P)C4)CC1C. The van der Waals surface area contributed by atoms with Gasteiger partial charge in [0.25, 0.3) is 0 Å². The largest absolute Gasteiger partial charge is 0.131 e. The van der Waals surface area contributed by atoms with Crippen molar-refractivity contribution in [2.24, 2.45) is 41.4 Å². The van der Waals surface area contributed by atoms with Crippen LogP contribution < -0.4 is 0 Å². The summed E-state index contributed by atoms with van der Waals surface area (Å²) in [7, 11) is 3.40. The summed E-state index contributed by atoms with van der Waals surface area (Å²) in [6.07, 6.45) is 12.5. The predicted molar refractivity (Wildman–Crippen MR) is 85.2 cm³/mol. The molecule has 1 heteroatoms. The third kappa shape index (κ3) is 2.04. The minimum absolute atomic E-state index is 0.666. The fraction of sp³-hybridized carbons (Fsp3) is 1.00. The van der Waals surface area contributed by atoms with Crippen molar-refractivity contribution >= 4 is 9.24 Å². The Morgan fingerprint density at radius 3 is 2.05 bits per heavy atom. The van der Waals surface area contributed by atoms with Crippen LogP contribution in [0.2, 0.25) is 0 Å². The Bertz CT molecular complexity index is 349. The van der Waals surface area contributed by atoms with E-state index in [4.69, 9.17) is 0 Å². The van der Waals surface area contributed by atoms with Gasteiger partial charge in [0, 0.05) is 0 Å². The van der Waals surface area contributed by atoms with Gasteiger partial charge in [-0.25, -0.2) is 0 Å². The van der Waals surface area contributed by atoms with Gasteiger partial charge in [0.05, 0.1) is 0 Å². The summed E-state index contributed by atoms with van der Waals surface area (Å²) in [6, 6.07) is 0. The van der Waals surface area contributed by atoms with E-state index in [-0.39, 0.29) is 0 Å². The fourth-order valence-corrected chi connectivity index (χ4v) is 8.12. The second-order valence-corrected chi connectivity index (χ2v) is 10.0. The third-order valence-electron chi connectivity index (χ3n) is 7.59. The highest BCUT2D eigenvalue weighted by molar-refractivity contribution is 7.19. The highest BCUT2D eigenvalue weighted by Gasteiger charge is 2.56. The molecule has 0 heterocycles. The van der Waals surface area contributed by atoms with Crippen LogP contribution in [-0.2, 0) is 0 Å². The summed E-state index contributed by atoms with van der Waals surface area (Å²) in [5.74, 6) is 7.40. The van der Waals surface area contributed by atoms with Crippen LogP contribution in [0.3, 0.4) is 0 Å². The van der Waals surface area contributed by atoms with Gasteiger partial charge in [-0.05, 0) is 91.5 Å². The average molecular weight is 278 g/mol. The Morgan fingerprint density at radius 1 is 0.789 bits per heavy atom. The molecule has 0 aromatic rings. The van der Waals surface area contributed by atoms with E-state index in [1.807, 2.05) is 0 Å². The summed E-state index contributed by atoms with van der Waals surface area (Å²) < 4.78 is 0. The molecule has 0 N–H and O–H groups in total. The van der Waals surface area contributed by atoms with Crippen molar-refractivity contribution in [3.05, 3.63) is 0 Å². The second-order valence-electron chi connectivity index (χ2n) is 8.89. The number of hydrogen-bond acceptors (Lipinski definition) is 0. The van der Waals surface area contributed by atoms with Gasteiger partial charge in [0.1, 0.15) is 0 Å². The van der Waals surface area contributed by atoms with Crippen molar-refractivity contribution in [3.63, 3.8) is 0 Å². The molecule has 0 amide bonds. The maximum absolute atomic E-state index is 3.40. The normalized spacial score (nSPS) is 60.5. The third-order valence-corrected chi connectivity index (χ3v) is 8.45. The summed E-state index contributed by atoms with van der Waals surface area (Å²) in [5, 5.41) is 0.666. The zero-order valence-corrected chi connectivity index (χ0v) is 13.9. The molecule has 7 atom stereocenters. The van der Waals surface area contributed by atoms with Crippen LogP contribution in [0.1, 0.15) is 65.2 Å². The highest BCUT2D eigenvalue weighted by Crippen LogP contribution is 2.65. The fourth-order valence-electron chi connectivity index (χ4n) is 6.91. The minimum atomic E-state index is 0.666. The smallest absolute Gasteiger partial charge is 0.0111 e. The van der Waals surface area contributed by atoms with Crippen molar-refractivity contribution in [1.82, 2.24) is 0 Å². The Labute approximate surface area is 121 Å².